The number of nitrogens with zero attached hydrogens (tertiary/aromatic N) is 3. The number of carbonyl (C=O) groups excluding carboxylic acids is 1. The SMILES string of the molecule is C[C@@H]1CN(c2ccc(C(F)(F)F)c3ncccc23)C[C@H](C(=O)CCC2CN(C)CCO2)O1. The Bertz CT molecular complexity index is 968. The number of fused-ring (bicyclic) bond motifs is 1. The average molecular weight is 451 g/mol. The van der Waals surface area contributed by atoms with Crippen molar-refractivity contribution in [3.63, 3.8) is 0 Å². The highest BCUT2D eigenvalue weighted by molar-refractivity contribution is 5.94. The van der Waals surface area contributed by atoms with Crippen LogP contribution in [0.3, 0.4) is 0 Å². The molecule has 2 fully saturated rings. The van der Waals surface area contributed by atoms with Crippen LogP contribution in [0.4, 0.5) is 18.9 Å². The first-order valence-corrected chi connectivity index (χ1v) is 10.9. The largest absolute Gasteiger partial charge is 0.418 e. The third-order valence-electron chi connectivity index (χ3n) is 6.07. The highest BCUT2D eigenvalue weighted by atomic mass is 19.4. The molecule has 0 radical (unpaired) electrons. The van der Waals surface area contributed by atoms with Gasteiger partial charge in [0.05, 0.1) is 36.4 Å². The topological polar surface area (TPSA) is 54.9 Å². The van der Waals surface area contributed by atoms with Gasteiger partial charge in [0.2, 0.25) is 0 Å². The van der Waals surface area contributed by atoms with Crippen LogP contribution in [0.1, 0.15) is 25.3 Å². The first-order valence-electron chi connectivity index (χ1n) is 10.9. The van der Waals surface area contributed by atoms with Gasteiger partial charge in [-0.3, -0.25) is 9.78 Å². The smallest absolute Gasteiger partial charge is 0.376 e. The molecule has 0 bridgehead atoms. The van der Waals surface area contributed by atoms with Gasteiger partial charge >= 0.3 is 6.18 Å². The molecular weight excluding hydrogens is 423 g/mol. The molecule has 0 amide bonds. The molecule has 9 heteroatoms. The monoisotopic (exact) mass is 451 g/mol. The Balaban J connectivity index is 1.51. The maximum Gasteiger partial charge on any atom is 0.418 e. The fourth-order valence-electron chi connectivity index (χ4n) is 4.49. The molecular formula is C23H28F3N3O3. The van der Waals surface area contributed by atoms with E-state index in [1.807, 2.05) is 18.9 Å². The quantitative estimate of drug-likeness (QED) is 0.694. The third kappa shape index (κ3) is 5.05. The van der Waals surface area contributed by atoms with Gasteiger partial charge in [0.1, 0.15) is 6.10 Å². The molecule has 3 atom stereocenters. The summed E-state index contributed by atoms with van der Waals surface area (Å²) in [5, 5.41) is 0.418. The molecule has 0 N–H and O–H groups in total. The number of hydrogen-bond acceptors (Lipinski definition) is 6. The van der Waals surface area contributed by atoms with Gasteiger partial charge in [0.25, 0.3) is 0 Å². The van der Waals surface area contributed by atoms with Crippen molar-refractivity contribution >= 4 is 22.4 Å². The molecule has 0 saturated carbocycles. The zero-order valence-electron chi connectivity index (χ0n) is 18.3. The number of carbonyl (C=O) groups is 1. The van der Waals surface area contributed by atoms with Crippen molar-refractivity contribution in [2.75, 3.05) is 44.7 Å². The predicted octanol–water partition coefficient (Wildman–Crippen LogP) is 3.53. The summed E-state index contributed by atoms with van der Waals surface area (Å²) in [5.74, 6) is -0.00674. The summed E-state index contributed by atoms with van der Waals surface area (Å²) in [6.45, 7) is 5.00. The molecule has 1 aromatic carbocycles. The van der Waals surface area contributed by atoms with Gasteiger partial charge in [-0.05, 0) is 44.7 Å². The molecule has 2 aromatic rings. The van der Waals surface area contributed by atoms with Gasteiger partial charge in [0.15, 0.2) is 5.78 Å². The van der Waals surface area contributed by atoms with E-state index in [2.05, 4.69) is 9.88 Å². The van der Waals surface area contributed by atoms with Gasteiger partial charge in [0, 0.05) is 43.3 Å². The van der Waals surface area contributed by atoms with Crippen LogP contribution >= 0.6 is 0 Å². The molecule has 2 aliphatic heterocycles. The van der Waals surface area contributed by atoms with Crippen LogP contribution in [0.5, 0.6) is 0 Å². The molecule has 2 aliphatic rings. The fraction of sp³-hybridized carbons (Fsp3) is 0.565. The second-order valence-electron chi connectivity index (χ2n) is 8.63. The number of halogens is 3. The molecule has 0 spiro atoms. The summed E-state index contributed by atoms with van der Waals surface area (Å²) >= 11 is 0. The van der Waals surface area contributed by atoms with Gasteiger partial charge in [-0.15, -0.1) is 0 Å². The van der Waals surface area contributed by atoms with E-state index in [1.54, 1.807) is 12.1 Å². The number of ketones is 1. The molecule has 4 rings (SSSR count). The summed E-state index contributed by atoms with van der Waals surface area (Å²) in [4.78, 5) is 21.0. The van der Waals surface area contributed by atoms with Gasteiger partial charge in [-0.25, -0.2) is 0 Å². The minimum atomic E-state index is -4.49. The number of rotatable bonds is 5. The standard InChI is InChI=1S/C23H28F3N3O3/c1-15-12-29(14-21(32-15)20(30)8-5-16-13-28(2)10-11-31-16)19-7-6-18(23(24,25)26)22-17(19)4-3-9-27-22/h3-4,6-7,9,15-16,21H,5,8,10-14H2,1-2H3/t15-,16?,21-/m1/s1. The second-order valence-corrected chi connectivity index (χ2v) is 8.63. The van der Waals surface area contributed by atoms with Crippen molar-refractivity contribution in [3.8, 4) is 0 Å². The van der Waals surface area contributed by atoms with Gasteiger partial charge < -0.3 is 19.3 Å². The molecule has 174 valence electrons. The van der Waals surface area contributed by atoms with Crippen LogP contribution in [-0.4, -0.2) is 73.8 Å². The van der Waals surface area contributed by atoms with Crippen molar-refractivity contribution in [2.45, 2.75) is 44.3 Å². The molecule has 1 aromatic heterocycles. The second kappa shape index (κ2) is 9.33. The summed E-state index contributed by atoms with van der Waals surface area (Å²) < 4.78 is 52.0. The van der Waals surface area contributed by atoms with E-state index in [1.165, 1.54) is 12.3 Å². The molecule has 32 heavy (non-hydrogen) atoms. The average Bonchev–Trinajstić information content (AvgIpc) is 2.75. The van der Waals surface area contributed by atoms with E-state index >= 15 is 0 Å². The molecule has 2 saturated heterocycles. The predicted molar refractivity (Wildman–Crippen MR) is 115 cm³/mol. The van der Waals surface area contributed by atoms with Gasteiger partial charge in [-0.2, -0.15) is 13.2 Å². The number of ether oxygens (including phenoxy) is 2. The molecule has 3 heterocycles. The Labute approximate surface area is 185 Å². The van der Waals surface area contributed by atoms with Crippen LogP contribution < -0.4 is 4.90 Å². The molecule has 0 aliphatic carbocycles. The highest BCUT2D eigenvalue weighted by Crippen LogP contribution is 2.38. The van der Waals surface area contributed by atoms with Crippen molar-refractivity contribution in [1.29, 1.82) is 0 Å². The van der Waals surface area contributed by atoms with Crippen molar-refractivity contribution in [2.24, 2.45) is 0 Å². The molecule has 1 unspecified atom stereocenters. The summed E-state index contributed by atoms with van der Waals surface area (Å²) in [6, 6.07) is 5.80. The lowest BCUT2D eigenvalue weighted by molar-refractivity contribution is -0.136. The zero-order valence-corrected chi connectivity index (χ0v) is 18.3. The first kappa shape index (κ1) is 22.9. The van der Waals surface area contributed by atoms with Gasteiger partial charge in [-0.1, -0.05) is 0 Å². The van der Waals surface area contributed by atoms with Crippen molar-refractivity contribution in [1.82, 2.24) is 9.88 Å². The first-order chi connectivity index (χ1) is 15.2. The number of morpholine rings is 2. The molecule has 6 nitrogen and oxygen atoms in total. The van der Waals surface area contributed by atoms with E-state index in [0.29, 0.717) is 43.6 Å². The minimum absolute atomic E-state index is 0.00674. The lowest BCUT2D eigenvalue weighted by Crippen LogP contribution is -2.50. The van der Waals surface area contributed by atoms with E-state index < -0.39 is 17.8 Å². The maximum absolute atomic E-state index is 13.5. The maximum atomic E-state index is 13.5. The summed E-state index contributed by atoms with van der Waals surface area (Å²) in [5.41, 5.74) is -0.215. The Kier molecular flexibility index (Phi) is 6.69. The van der Waals surface area contributed by atoms with E-state index in [9.17, 15) is 18.0 Å². The lowest BCUT2D eigenvalue weighted by atomic mass is 10.0. The fourth-order valence-corrected chi connectivity index (χ4v) is 4.49. The van der Waals surface area contributed by atoms with E-state index in [-0.39, 0.29) is 23.5 Å². The number of pyridine rings is 1. The number of likely N-dealkylation sites (N-methyl/N-ethyl adjacent to an activating group) is 1. The number of hydrogen-bond donors (Lipinski definition) is 0. The number of alkyl halides is 3. The number of benzene rings is 1. The third-order valence-corrected chi connectivity index (χ3v) is 6.07. The Hall–Kier alpha value is -2.23. The minimum Gasteiger partial charge on any atom is -0.376 e. The normalized spacial score (nSPS) is 25.3. The number of Topliss-reactive ketones (excluding diaryl/α,β-unsaturated/α-hetero) is 1. The zero-order chi connectivity index (χ0) is 22.9. The summed E-state index contributed by atoms with van der Waals surface area (Å²) in [6.07, 6.45) is -2.99. The van der Waals surface area contributed by atoms with E-state index in [0.717, 1.165) is 19.2 Å². The van der Waals surface area contributed by atoms with Crippen LogP contribution in [0.25, 0.3) is 10.9 Å². The van der Waals surface area contributed by atoms with Crippen molar-refractivity contribution in [3.05, 3.63) is 36.0 Å². The van der Waals surface area contributed by atoms with Crippen LogP contribution in [0.15, 0.2) is 30.5 Å². The van der Waals surface area contributed by atoms with Crippen LogP contribution in [0, 0.1) is 0 Å². The highest BCUT2D eigenvalue weighted by Gasteiger charge is 2.36. The summed E-state index contributed by atoms with van der Waals surface area (Å²) in [7, 11) is 2.03. The number of aromatic nitrogens is 1. The Morgan fingerprint density at radius 2 is 2.03 bits per heavy atom. The van der Waals surface area contributed by atoms with Crippen molar-refractivity contribution < 1.29 is 27.4 Å². The lowest BCUT2D eigenvalue weighted by Gasteiger charge is -2.38. The Morgan fingerprint density at radius 3 is 2.78 bits per heavy atom. The van der Waals surface area contributed by atoms with Crippen LogP contribution in [-0.2, 0) is 20.4 Å². The van der Waals surface area contributed by atoms with Crippen LogP contribution in [0.2, 0.25) is 0 Å². The Morgan fingerprint density at radius 1 is 1.22 bits per heavy atom. The van der Waals surface area contributed by atoms with E-state index in [4.69, 9.17) is 9.47 Å². The number of anilines is 1.